The number of alkyl halides is 4. The van der Waals surface area contributed by atoms with Crippen LogP contribution >= 0.6 is 11.6 Å². The molecular formula is C7H5ClF3NO. The molecule has 1 heterocycles. The van der Waals surface area contributed by atoms with Crippen LogP contribution in [0.1, 0.15) is 11.4 Å². The van der Waals surface area contributed by atoms with Gasteiger partial charge in [0, 0.05) is 0 Å². The molecule has 1 N–H and O–H groups in total. The molecule has 2 nitrogen and oxygen atoms in total. The van der Waals surface area contributed by atoms with Crippen LogP contribution in [0.15, 0.2) is 12.1 Å². The van der Waals surface area contributed by atoms with Crippen molar-refractivity contribution in [1.82, 2.24) is 4.98 Å². The average molecular weight is 212 g/mol. The van der Waals surface area contributed by atoms with Gasteiger partial charge in [-0.3, -0.25) is 0 Å². The summed E-state index contributed by atoms with van der Waals surface area (Å²) < 4.78 is 36.1. The van der Waals surface area contributed by atoms with Crippen LogP contribution < -0.4 is 0 Å². The SMILES string of the molecule is Oc1ccc(C(F)(F)F)nc1CCl. The Labute approximate surface area is 77.0 Å². The zero-order valence-electron chi connectivity index (χ0n) is 6.27. The standard InChI is InChI=1S/C7H5ClF3NO/c8-3-4-5(13)1-2-6(12-4)7(9,10)11/h1-2,13H,3H2. The van der Waals surface area contributed by atoms with Gasteiger partial charge in [0.2, 0.25) is 0 Å². The van der Waals surface area contributed by atoms with Gasteiger partial charge in [-0.15, -0.1) is 11.6 Å². The molecule has 0 aliphatic carbocycles. The molecular weight excluding hydrogens is 207 g/mol. The summed E-state index contributed by atoms with van der Waals surface area (Å²) in [5.41, 5.74) is -1.22. The lowest BCUT2D eigenvalue weighted by molar-refractivity contribution is -0.141. The molecule has 72 valence electrons. The number of aromatic hydroxyl groups is 1. The Morgan fingerprint density at radius 2 is 2.00 bits per heavy atom. The Balaban J connectivity index is 3.14. The molecule has 0 aromatic carbocycles. The fraction of sp³-hybridized carbons (Fsp3) is 0.286. The fourth-order valence-electron chi connectivity index (χ4n) is 0.750. The zero-order valence-corrected chi connectivity index (χ0v) is 7.02. The predicted octanol–water partition coefficient (Wildman–Crippen LogP) is 2.54. The van der Waals surface area contributed by atoms with Crippen molar-refractivity contribution in [2.75, 3.05) is 0 Å². The normalized spacial score (nSPS) is 11.7. The molecule has 1 rings (SSSR count). The third kappa shape index (κ3) is 2.24. The molecule has 1 aromatic rings. The van der Waals surface area contributed by atoms with Crippen LogP contribution in [0.5, 0.6) is 5.75 Å². The quantitative estimate of drug-likeness (QED) is 0.725. The van der Waals surface area contributed by atoms with E-state index in [1.54, 1.807) is 0 Å². The molecule has 1 aromatic heterocycles. The van der Waals surface area contributed by atoms with Crippen molar-refractivity contribution in [3.8, 4) is 5.75 Å². The highest BCUT2D eigenvalue weighted by atomic mass is 35.5. The second-order valence-corrected chi connectivity index (χ2v) is 2.56. The molecule has 0 saturated carbocycles. The monoisotopic (exact) mass is 211 g/mol. The Morgan fingerprint density at radius 1 is 1.38 bits per heavy atom. The lowest BCUT2D eigenvalue weighted by atomic mass is 10.3. The minimum Gasteiger partial charge on any atom is -0.506 e. The van der Waals surface area contributed by atoms with Gasteiger partial charge in [-0.2, -0.15) is 13.2 Å². The molecule has 0 aliphatic rings. The molecule has 0 aliphatic heterocycles. The van der Waals surface area contributed by atoms with Gasteiger partial charge in [-0.1, -0.05) is 0 Å². The van der Waals surface area contributed by atoms with Crippen LogP contribution in [-0.4, -0.2) is 10.1 Å². The van der Waals surface area contributed by atoms with Crippen molar-refractivity contribution in [2.24, 2.45) is 0 Å². The minimum absolute atomic E-state index is 0.170. The van der Waals surface area contributed by atoms with Crippen LogP contribution in [0.4, 0.5) is 13.2 Å². The highest BCUT2D eigenvalue weighted by molar-refractivity contribution is 6.17. The van der Waals surface area contributed by atoms with Crippen LogP contribution in [0, 0.1) is 0 Å². The van der Waals surface area contributed by atoms with E-state index in [1.165, 1.54) is 0 Å². The molecule has 13 heavy (non-hydrogen) atoms. The van der Waals surface area contributed by atoms with E-state index in [2.05, 4.69) is 4.98 Å². The Kier molecular flexibility index (Phi) is 2.66. The topological polar surface area (TPSA) is 33.1 Å². The maximum atomic E-state index is 12.0. The number of aromatic nitrogens is 1. The zero-order chi connectivity index (χ0) is 10.1. The van der Waals surface area contributed by atoms with Crippen LogP contribution in [0.3, 0.4) is 0 Å². The predicted molar refractivity (Wildman–Crippen MR) is 40.5 cm³/mol. The summed E-state index contributed by atoms with van der Waals surface area (Å²) in [6, 6.07) is 1.62. The van der Waals surface area contributed by atoms with Crippen molar-refractivity contribution in [2.45, 2.75) is 12.1 Å². The van der Waals surface area contributed by atoms with Crippen molar-refractivity contribution in [3.63, 3.8) is 0 Å². The van der Waals surface area contributed by atoms with E-state index in [-0.39, 0.29) is 17.3 Å². The first-order valence-electron chi connectivity index (χ1n) is 3.27. The van der Waals surface area contributed by atoms with Crippen molar-refractivity contribution in [1.29, 1.82) is 0 Å². The van der Waals surface area contributed by atoms with Gasteiger partial charge in [-0.25, -0.2) is 4.98 Å². The van der Waals surface area contributed by atoms with Gasteiger partial charge < -0.3 is 5.11 Å². The molecule has 0 radical (unpaired) electrons. The largest absolute Gasteiger partial charge is 0.506 e. The van der Waals surface area contributed by atoms with Gasteiger partial charge in [0.05, 0.1) is 11.6 Å². The summed E-state index contributed by atoms with van der Waals surface area (Å²) in [5, 5.41) is 8.99. The summed E-state index contributed by atoms with van der Waals surface area (Å²) in [4.78, 5) is 3.16. The average Bonchev–Trinajstić information content (AvgIpc) is 2.03. The van der Waals surface area contributed by atoms with E-state index < -0.39 is 11.9 Å². The Morgan fingerprint density at radius 3 is 2.46 bits per heavy atom. The Hall–Kier alpha value is -0.970. The van der Waals surface area contributed by atoms with Gasteiger partial charge in [0.15, 0.2) is 0 Å². The van der Waals surface area contributed by atoms with E-state index in [0.717, 1.165) is 6.07 Å². The van der Waals surface area contributed by atoms with Crippen molar-refractivity contribution >= 4 is 11.6 Å². The molecule has 0 atom stereocenters. The highest BCUT2D eigenvalue weighted by Crippen LogP contribution is 2.29. The second kappa shape index (κ2) is 3.41. The van der Waals surface area contributed by atoms with E-state index in [4.69, 9.17) is 16.7 Å². The summed E-state index contributed by atoms with van der Waals surface area (Å²) in [6.07, 6.45) is -4.51. The number of hydrogen-bond acceptors (Lipinski definition) is 2. The first-order valence-corrected chi connectivity index (χ1v) is 3.80. The molecule has 6 heteroatoms. The van der Waals surface area contributed by atoms with E-state index in [1.807, 2.05) is 0 Å². The number of halogens is 4. The Bertz CT molecular complexity index is 313. The van der Waals surface area contributed by atoms with E-state index in [9.17, 15) is 13.2 Å². The summed E-state index contributed by atoms with van der Waals surface area (Å²) in [7, 11) is 0. The summed E-state index contributed by atoms with van der Waals surface area (Å²) in [6.45, 7) is 0. The third-order valence-corrected chi connectivity index (χ3v) is 1.62. The summed E-state index contributed by atoms with van der Waals surface area (Å²) in [5.74, 6) is -0.585. The third-order valence-electron chi connectivity index (χ3n) is 1.37. The smallest absolute Gasteiger partial charge is 0.433 e. The number of pyridine rings is 1. The molecule has 0 fully saturated rings. The first kappa shape index (κ1) is 10.1. The van der Waals surface area contributed by atoms with Crippen molar-refractivity contribution < 1.29 is 18.3 Å². The molecule has 0 saturated heterocycles. The lowest BCUT2D eigenvalue weighted by Crippen LogP contribution is -2.08. The first-order chi connectivity index (χ1) is 5.95. The number of hydrogen-bond donors (Lipinski definition) is 1. The van der Waals surface area contributed by atoms with E-state index in [0.29, 0.717) is 6.07 Å². The van der Waals surface area contributed by atoms with Crippen LogP contribution in [0.2, 0.25) is 0 Å². The van der Waals surface area contributed by atoms with Crippen LogP contribution in [-0.2, 0) is 12.1 Å². The fourth-order valence-corrected chi connectivity index (χ4v) is 0.947. The van der Waals surface area contributed by atoms with Gasteiger partial charge in [-0.05, 0) is 12.1 Å². The maximum Gasteiger partial charge on any atom is 0.433 e. The molecule has 0 amide bonds. The maximum absolute atomic E-state index is 12.0. The van der Waals surface area contributed by atoms with Gasteiger partial charge in [0.1, 0.15) is 11.4 Å². The molecule has 0 bridgehead atoms. The van der Waals surface area contributed by atoms with Gasteiger partial charge >= 0.3 is 6.18 Å². The second-order valence-electron chi connectivity index (χ2n) is 2.29. The van der Waals surface area contributed by atoms with Crippen molar-refractivity contribution in [3.05, 3.63) is 23.5 Å². The van der Waals surface area contributed by atoms with Crippen LogP contribution in [0.25, 0.3) is 0 Å². The molecule has 0 spiro atoms. The summed E-state index contributed by atoms with van der Waals surface area (Å²) >= 11 is 5.26. The minimum atomic E-state index is -4.51. The molecule has 0 unspecified atom stereocenters. The highest BCUT2D eigenvalue weighted by Gasteiger charge is 2.32. The number of nitrogens with zero attached hydrogens (tertiary/aromatic N) is 1. The van der Waals surface area contributed by atoms with Gasteiger partial charge in [0.25, 0.3) is 0 Å². The number of rotatable bonds is 1. The lowest BCUT2D eigenvalue weighted by Gasteiger charge is -2.07. The van der Waals surface area contributed by atoms with E-state index >= 15 is 0 Å².